The number of hydrazone groups is 2. The summed E-state index contributed by atoms with van der Waals surface area (Å²) in [7, 11) is -5.53. The Hall–Kier alpha value is -2.50. The minimum absolute atomic E-state index is 0. The first-order valence-corrected chi connectivity index (χ1v) is 13.7. The van der Waals surface area contributed by atoms with E-state index in [1.54, 1.807) is 0 Å². The number of rotatable bonds is 9. The molecule has 3 fully saturated rings. The van der Waals surface area contributed by atoms with Crippen molar-refractivity contribution in [2.75, 3.05) is 19.6 Å². The molecule has 3 saturated heterocycles. The average Bonchev–Trinajstić information content (AvgIpc) is 3.42. The molecule has 1 aromatic rings. The van der Waals surface area contributed by atoms with Gasteiger partial charge in [0.25, 0.3) is 0 Å². The van der Waals surface area contributed by atoms with Gasteiger partial charge in [0.1, 0.15) is 38.0 Å². The van der Waals surface area contributed by atoms with E-state index in [0.717, 1.165) is 39.4 Å². The minimum Gasteiger partial charge on any atom is -0.747 e. The Balaban J connectivity index is 0.00000323. The summed E-state index contributed by atoms with van der Waals surface area (Å²) in [6.07, 6.45) is 2.02. The van der Waals surface area contributed by atoms with Crippen LogP contribution in [0.3, 0.4) is 0 Å². The van der Waals surface area contributed by atoms with Gasteiger partial charge in [-0.3, -0.25) is 14.5 Å². The van der Waals surface area contributed by atoms with Gasteiger partial charge in [-0.25, -0.2) is 32.8 Å². The maximum atomic E-state index is 14.3. The van der Waals surface area contributed by atoms with E-state index in [0.29, 0.717) is 17.8 Å². The molecular weight excluding hydrogens is 641 g/mol. The zero-order valence-corrected chi connectivity index (χ0v) is 28.0. The zero-order valence-electron chi connectivity index (χ0n) is 22.4. The maximum Gasteiger partial charge on any atom is 1.00 e. The maximum absolute atomic E-state index is 14.3. The van der Waals surface area contributed by atoms with E-state index in [9.17, 15) is 51.5 Å². The van der Waals surface area contributed by atoms with Gasteiger partial charge in [0.05, 0.1) is 31.5 Å². The van der Waals surface area contributed by atoms with Gasteiger partial charge in [-0.2, -0.15) is 10.2 Å². The molecule has 4 atom stereocenters. The summed E-state index contributed by atoms with van der Waals surface area (Å²) in [4.78, 5) is 61.2. The number of β-lactam (4-membered cyclic amide) rings is 1. The number of carbonyl (C=O) groups excluding carboxylic acids is 5. The second-order valence-corrected chi connectivity index (χ2v) is 11.5. The number of benzene rings is 1. The Morgan fingerprint density at radius 2 is 1.91 bits per heavy atom. The first kappa shape index (κ1) is 36.7. The second-order valence-electron chi connectivity index (χ2n) is 8.69. The monoisotopic (exact) mass is 660 g/mol. The summed E-state index contributed by atoms with van der Waals surface area (Å²) in [5, 5.41) is 28.0. The zero-order chi connectivity index (χ0) is 30.3. The summed E-state index contributed by atoms with van der Waals surface area (Å²) in [5.74, 6) is -6.13. The Morgan fingerprint density at radius 3 is 2.49 bits per heavy atom. The minimum atomic E-state index is -5.53. The number of urea groups is 2. The van der Waals surface area contributed by atoms with Crippen molar-refractivity contribution in [2.45, 2.75) is 21.5 Å². The first-order valence-electron chi connectivity index (χ1n) is 11.3. The Labute approximate surface area is 290 Å². The standard InChI is InChI=1S/C20H21FN8O10S2.2Na/c21-11-7-9(30)1-2-10(11)13(41(37,38)39)14(31)25-12-15(32)27-8-20(17(33)34,40-16(12)27)28-5-6-29(19(28)36)24-4-3-23-26-18(22)35;;/h1-4,7,12-13,16,30H,5-6,8H2,(H,25,31)(H,33,34)(H3,22,26,35)(H,37,38,39);;/q;2*+1/p-2/b23-3+,24-4-;;/t12-,13?,16-,20-;;/m1../s1. The van der Waals surface area contributed by atoms with Crippen molar-refractivity contribution in [3.63, 3.8) is 0 Å². The molecule has 18 nitrogen and oxygen atoms in total. The Bertz CT molecular complexity index is 1500. The summed E-state index contributed by atoms with van der Waals surface area (Å²) in [6.45, 7) is -0.808. The third kappa shape index (κ3) is 7.26. The van der Waals surface area contributed by atoms with Crippen molar-refractivity contribution in [1.29, 1.82) is 0 Å². The van der Waals surface area contributed by atoms with E-state index in [2.05, 4.69) is 15.5 Å². The van der Waals surface area contributed by atoms with Crippen LogP contribution in [-0.2, 0) is 24.5 Å². The number of nitrogens with zero attached hydrogens (tertiary/aromatic N) is 5. The number of aliphatic carboxylic acids is 1. The molecule has 220 valence electrons. The van der Waals surface area contributed by atoms with Crippen molar-refractivity contribution in [2.24, 2.45) is 15.9 Å². The Morgan fingerprint density at radius 1 is 1.23 bits per heavy atom. The number of carbonyl (C=O) groups is 5. The molecule has 6 amide bonds. The van der Waals surface area contributed by atoms with Crippen molar-refractivity contribution >= 4 is 64.2 Å². The van der Waals surface area contributed by atoms with Crippen LogP contribution in [0.5, 0.6) is 5.75 Å². The van der Waals surface area contributed by atoms with Crippen molar-refractivity contribution in [1.82, 2.24) is 25.6 Å². The van der Waals surface area contributed by atoms with Gasteiger partial charge in [0, 0.05) is 18.2 Å². The molecule has 23 heteroatoms. The van der Waals surface area contributed by atoms with Gasteiger partial charge < -0.3 is 35.5 Å². The van der Waals surface area contributed by atoms with Crippen LogP contribution in [0.1, 0.15) is 10.8 Å². The number of hydrogen-bond acceptors (Lipinski definition) is 13. The largest absolute Gasteiger partial charge is 1.00 e. The van der Waals surface area contributed by atoms with E-state index < -0.39 is 85.2 Å². The SMILES string of the molecule is NC(=O)N/N=C/C=N\N1CCN([C@]2(C(=O)[O-])CN3C(=O)[C@@H](NC(=O)C(c4ccc(O)cc4F)S(=O)(=O)[O-])[C@H]3S2)C1=O.[Na+].[Na+]. The van der Waals surface area contributed by atoms with E-state index in [-0.39, 0.29) is 72.2 Å². The molecule has 1 aromatic carbocycles. The molecular formula is C20H19FN8Na2O10S2. The number of carboxylic acid groups (broad SMARTS) is 1. The average molecular weight is 661 g/mol. The first-order chi connectivity index (χ1) is 19.2. The topological polar surface area (TPSA) is 270 Å². The van der Waals surface area contributed by atoms with E-state index in [1.807, 2.05) is 5.43 Å². The molecule has 43 heavy (non-hydrogen) atoms. The van der Waals surface area contributed by atoms with Crippen LogP contribution >= 0.6 is 11.8 Å². The molecule has 0 bridgehead atoms. The predicted molar refractivity (Wildman–Crippen MR) is 132 cm³/mol. The summed E-state index contributed by atoms with van der Waals surface area (Å²) in [6, 6.07) is -1.30. The van der Waals surface area contributed by atoms with Crippen LogP contribution in [0.25, 0.3) is 0 Å². The van der Waals surface area contributed by atoms with Gasteiger partial charge >= 0.3 is 71.2 Å². The fourth-order valence-electron chi connectivity index (χ4n) is 4.39. The molecule has 1 unspecified atom stereocenters. The summed E-state index contributed by atoms with van der Waals surface area (Å²) >= 11 is 0.561. The molecule has 0 aromatic heterocycles. The number of nitrogens with one attached hydrogen (secondary N) is 2. The molecule has 3 aliphatic heterocycles. The molecule has 4 rings (SSSR count). The van der Waals surface area contributed by atoms with Gasteiger partial charge in [-0.05, 0) is 6.07 Å². The molecule has 0 spiro atoms. The molecule has 3 aliphatic rings. The van der Waals surface area contributed by atoms with Crippen LogP contribution in [0.2, 0.25) is 0 Å². The number of fused-ring (bicyclic) bond motifs is 1. The number of carboxylic acids is 1. The number of amides is 6. The number of phenolic OH excluding ortho intramolecular Hbond substituents is 1. The summed E-state index contributed by atoms with van der Waals surface area (Å²) in [5.41, 5.74) is 5.85. The third-order valence-corrected chi connectivity index (χ3v) is 8.92. The van der Waals surface area contributed by atoms with E-state index in [4.69, 9.17) is 5.73 Å². The summed E-state index contributed by atoms with van der Waals surface area (Å²) < 4.78 is 49.9. The van der Waals surface area contributed by atoms with Crippen molar-refractivity contribution in [3.8, 4) is 5.75 Å². The fourth-order valence-corrected chi connectivity index (χ4v) is 6.86. The van der Waals surface area contributed by atoms with Gasteiger partial charge in [-0.1, -0.05) is 17.8 Å². The number of primary amides is 1. The van der Waals surface area contributed by atoms with Crippen molar-refractivity contribution < 1.29 is 111 Å². The fraction of sp³-hybridized carbons (Fsp3) is 0.350. The quantitative estimate of drug-likeness (QED) is 0.0635. The van der Waals surface area contributed by atoms with Crippen LogP contribution in [0.15, 0.2) is 28.4 Å². The number of phenols is 1. The Kier molecular flexibility index (Phi) is 12.0. The molecule has 0 radical (unpaired) electrons. The predicted octanol–water partition coefficient (Wildman–Crippen LogP) is -9.65. The number of halogens is 1. The van der Waals surface area contributed by atoms with Crippen LogP contribution < -0.4 is 80.7 Å². The molecule has 0 aliphatic carbocycles. The van der Waals surface area contributed by atoms with Crippen LogP contribution in [0, 0.1) is 5.82 Å². The number of hydrogen-bond donors (Lipinski definition) is 4. The number of thioether (sulfide) groups is 1. The van der Waals surface area contributed by atoms with Crippen molar-refractivity contribution in [3.05, 3.63) is 29.6 Å². The number of aromatic hydroxyl groups is 1. The molecule has 3 heterocycles. The molecule has 5 N–H and O–H groups in total. The smallest absolute Gasteiger partial charge is 0.747 e. The van der Waals surface area contributed by atoms with E-state index >= 15 is 0 Å². The molecule has 0 saturated carbocycles. The van der Waals surface area contributed by atoms with Gasteiger partial charge in [0.15, 0.2) is 5.25 Å². The van der Waals surface area contributed by atoms with Gasteiger partial charge in [0.2, 0.25) is 11.8 Å². The van der Waals surface area contributed by atoms with Crippen LogP contribution in [-0.4, -0.2) is 111 Å². The van der Waals surface area contributed by atoms with E-state index in [1.165, 1.54) is 0 Å². The van der Waals surface area contributed by atoms with Gasteiger partial charge in [-0.15, -0.1) is 0 Å². The van der Waals surface area contributed by atoms with Crippen LogP contribution in [0.4, 0.5) is 14.0 Å². The normalized spacial score (nSPS) is 23.8. The third-order valence-electron chi connectivity index (χ3n) is 6.20. The number of nitrogens with two attached hydrogens (primary N) is 1. The second kappa shape index (κ2) is 14.1.